The van der Waals surface area contributed by atoms with E-state index in [1.165, 1.54) is 6.47 Å². The molecule has 0 heterocycles. The molecule has 0 aromatic carbocycles. The van der Waals surface area contributed by atoms with Crippen molar-refractivity contribution in [2.24, 2.45) is 5.11 Å². The molecule has 0 unspecified atom stereocenters. The molecule has 0 aromatic rings. The summed E-state index contributed by atoms with van der Waals surface area (Å²) >= 11 is 0. The summed E-state index contributed by atoms with van der Waals surface area (Å²) in [5.41, 5.74) is 7.76. The van der Waals surface area contributed by atoms with Crippen molar-refractivity contribution in [2.45, 2.75) is 6.42 Å². The zero-order valence-electron chi connectivity index (χ0n) is 7.36. The molecule has 0 radical (unpaired) electrons. The number of hydrogen-bond donors (Lipinski definition) is 0. The molecular formula is C6H12N3O2Y. The van der Waals surface area contributed by atoms with Gasteiger partial charge in [0.05, 0.1) is 0 Å². The fraction of sp³-hybridized carbons (Fsp3) is 0.500. The number of ether oxygens (including phenoxy) is 1. The van der Waals surface area contributed by atoms with E-state index in [4.69, 9.17) is 5.53 Å². The van der Waals surface area contributed by atoms with Crippen LogP contribution in [0, 0.1) is 14.9 Å². The van der Waals surface area contributed by atoms with Gasteiger partial charge < -0.3 is 24.4 Å². The molecule has 0 saturated heterocycles. The molecule has 6 heteroatoms. The first kappa shape index (κ1) is 22.6. The molecule has 12 heavy (non-hydrogen) atoms. The summed E-state index contributed by atoms with van der Waals surface area (Å²) in [4.78, 5) is 11.9. The Labute approximate surface area is 98.4 Å². The predicted molar refractivity (Wildman–Crippen MR) is 43.1 cm³/mol. The number of nitrogens with zero attached hydrogens (tertiary/aromatic N) is 3. The van der Waals surface area contributed by atoms with E-state index in [0.717, 1.165) is 0 Å². The Morgan fingerprint density at radius 3 is 2.50 bits per heavy atom. The zero-order valence-corrected chi connectivity index (χ0v) is 10.2. The maximum Gasteiger partial charge on any atom is 3.00 e. The van der Waals surface area contributed by atoms with E-state index >= 15 is 0 Å². The molecule has 0 amide bonds. The second kappa shape index (κ2) is 22.4. The number of carbonyl (C=O) groups excluding carboxylic acids is 1. The van der Waals surface area contributed by atoms with Gasteiger partial charge in [-0.25, -0.2) is 0 Å². The van der Waals surface area contributed by atoms with Crippen molar-refractivity contribution in [3.8, 4) is 0 Å². The van der Waals surface area contributed by atoms with Gasteiger partial charge >= 0.3 is 32.7 Å². The summed E-state index contributed by atoms with van der Waals surface area (Å²) in [5, 5.41) is 3.21. The van der Waals surface area contributed by atoms with Gasteiger partial charge in [0.25, 0.3) is 0 Å². The average Bonchev–Trinajstić information content (AvgIpc) is 1.89. The quantitative estimate of drug-likeness (QED) is 0.243. The molecule has 5 nitrogen and oxygen atoms in total. The van der Waals surface area contributed by atoms with Crippen LogP contribution in [0.2, 0.25) is 0 Å². The third-order valence-corrected chi connectivity index (χ3v) is 0.627. The van der Waals surface area contributed by atoms with Gasteiger partial charge in [-0.2, -0.15) is 0 Å². The molecule has 66 valence electrons. The van der Waals surface area contributed by atoms with Crippen molar-refractivity contribution < 1.29 is 42.2 Å². The standard InChI is InChI=1S/C4H6N3O2.2CH3.Y/c5-7-6-2-1-3-9-4-8;;;/h1-3H2;2*1H3;/q3*-1;+3. The van der Waals surface area contributed by atoms with Gasteiger partial charge in [-0.15, -0.1) is 0 Å². The van der Waals surface area contributed by atoms with Crippen molar-refractivity contribution in [3.63, 3.8) is 0 Å². The van der Waals surface area contributed by atoms with Crippen molar-refractivity contribution in [2.75, 3.05) is 13.2 Å². The van der Waals surface area contributed by atoms with E-state index < -0.39 is 0 Å². The second-order valence-electron chi connectivity index (χ2n) is 1.24. The molecule has 0 saturated carbocycles. The molecule has 0 fully saturated rings. The first-order valence-electron chi connectivity index (χ1n) is 2.41. The first-order valence-corrected chi connectivity index (χ1v) is 2.41. The van der Waals surface area contributed by atoms with Crippen molar-refractivity contribution in [3.05, 3.63) is 25.3 Å². The summed E-state index contributed by atoms with van der Waals surface area (Å²) in [6, 6.07) is 0. The molecule has 0 bridgehead atoms. The molecular weight excluding hydrogens is 235 g/mol. The summed E-state index contributed by atoms with van der Waals surface area (Å²) < 4.78 is 4.19. The third-order valence-electron chi connectivity index (χ3n) is 0.627. The predicted octanol–water partition coefficient (Wildman–Crippen LogP) is 1.67. The minimum atomic E-state index is 0. The van der Waals surface area contributed by atoms with Gasteiger partial charge in [-0.3, -0.25) is 0 Å². The summed E-state index contributed by atoms with van der Waals surface area (Å²) in [6.45, 7) is 1.89. The van der Waals surface area contributed by atoms with Crippen LogP contribution in [0.3, 0.4) is 0 Å². The SMILES string of the molecule is [CH3-].[CH3-].[N-]=[N+]=NCCCO[C-]=O.[Y+3]. The van der Waals surface area contributed by atoms with Crippen LogP contribution in [0.1, 0.15) is 6.42 Å². The minimum absolute atomic E-state index is 0. The topological polar surface area (TPSA) is 75.1 Å². The number of rotatable bonds is 5. The average molecular weight is 247 g/mol. The molecule has 0 aliphatic carbocycles. The number of azide groups is 1. The van der Waals surface area contributed by atoms with Crippen molar-refractivity contribution in [1.82, 2.24) is 0 Å². The molecule has 0 spiro atoms. The fourth-order valence-electron chi connectivity index (χ4n) is 0.294. The van der Waals surface area contributed by atoms with E-state index in [1.807, 2.05) is 0 Å². The van der Waals surface area contributed by atoms with Crippen LogP contribution in [0.25, 0.3) is 10.4 Å². The van der Waals surface area contributed by atoms with Crippen LogP contribution < -0.4 is 0 Å². The smallest absolute Gasteiger partial charge is 0.653 e. The van der Waals surface area contributed by atoms with Gasteiger partial charge in [0.2, 0.25) is 0 Å². The van der Waals surface area contributed by atoms with E-state index in [9.17, 15) is 4.79 Å². The van der Waals surface area contributed by atoms with Crippen LogP contribution in [0.4, 0.5) is 0 Å². The Kier molecular flexibility index (Phi) is 42.3. The van der Waals surface area contributed by atoms with Gasteiger partial charge in [-0.05, 0) is 12.0 Å². The van der Waals surface area contributed by atoms with Crippen LogP contribution in [-0.2, 0) is 42.2 Å². The van der Waals surface area contributed by atoms with Crippen LogP contribution >= 0.6 is 0 Å². The third kappa shape index (κ3) is 22.5. The Morgan fingerprint density at radius 2 is 2.08 bits per heavy atom. The van der Waals surface area contributed by atoms with Crippen LogP contribution in [0.5, 0.6) is 0 Å². The van der Waals surface area contributed by atoms with Gasteiger partial charge in [0, 0.05) is 18.1 Å². The zero-order chi connectivity index (χ0) is 6.95. The normalized spacial score (nSPS) is 5.67. The molecule has 0 aliphatic rings. The summed E-state index contributed by atoms with van der Waals surface area (Å²) in [7, 11) is 0. The Hall–Kier alpha value is -0.116. The molecule has 0 rings (SSSR count). The summed E-state index contributed by atoms with van der Waals surface area (Å²) in [6.07, 6.45) is 0.555. The minimum Gasteiger partial charge on any atom is -0.653 e. The van der Waals surface area contributed by atoms with E-state index in [0.29, 0.717) is 13.0 Å². The fourth-order valence-corrected chi connectivity index (χ4v) is 0.294. The first-order chi connectivity index (χ1) is 4.41. The van der Waals surface area contributed by atoms with E-state index in [-0.39, 0.29) is 54.2 Å². The Balaban J connectivity index is -0.000000107. The summed E-state index contributed by atoms with van der Waals surface area (Å²) in [5.74, 6) is 0. The van der Waals surface area contributed by atoms with E-state index in [2.05, 4.69) is 14.8 Å². The van der Waals surface area contributed by atoms with Gasteiger partial charge in [0.1, 0.15) is 0 Å². The monoisotopic (exact) mass is 247 g/mol. The largest absolute Gasteiger partial charge is 3.00 e. The van der Waals surface area contributed by atoms with E-state index in [1.54, 1.807) is 0 Å². The molecule has 0 aromatic heterocycles. The second-order valence-corrected chi connectivity index (χ2v) is 1.24. The maximum atomic E-state index is 9.39. The van der Waals surface area contributed by atoms with Crippen molar-refractivity contribution >= 4 is 6.47 Å². The Morgan fingerprint density at radius 1 is 1.50 bits per heavy atom. The molecule has 0 atom stereocenters. The molecule has 0 N–H and O–H groups in total. The number of hydrogen-bond acceptors (Lipinski definition) is 3. The maximum absolute atomic E-state index is 9.39. The van der Waals surface area contributed by atoms with Crippen molar-refractivity contribution in [1.29, 1.82) is 0 Å². The van der Waals surface area contributed by atoms with Gasteiger partial charge in [-0.1, -0.05) is 11.6 Å². The Bertz CT molecular complexity index is 126. The molecule has 0 aliphatic heterocycles. The van der Waals surface area contributed by atoms with Crippen LogP contribution in [-0.4, -0.2) is 19.6 Å². The van der Waals surface area contributed by atoms with Crippen LogP contribution in [0.15, 0.2) is 5.11 Å². The van der Waals surface area contributed by atoms with Gasteiger partial charge in [0.15, 0.2) is 0 Å².